The molecule has 0 fully saturated rings. The van der Waals surface area contributed by atoms with Gasteiger partial charge in [0, 0.05) is 0 Å². The number of hydrogen-bond acceptors (Lipinski definition) is 3. The maximum Gasteiger partial charge on any atom is 0.260 e. The van der Waals surface area contributed by atoms with Gasteiger partial charge < -0.3 is 14.8 Å². The van der Waals surface area contributed by atoms with Crippen molar-refractivity contribution in [3.63, 3.8) is 0 Å². The molecule has 0 radical (unpaired) electrons. The van der Waals surface area contributed by atoms with Crippen LogP contribution in [0, 0.1) is 13.8 Å². The number of amides is 1. The Hall–Kier alpha value is -3.01. The zero-order chi connectivity index (χ0) is 19.2. The minimum absolute atomic E-state index is 0.160. The Morgan fingerprint density at radius 1 is 0.926 bits per heavy atom. The van der Waals surface area contributed by atoms with Crippen LogP contribution in [0.2, 0.25) is 0 Å². The molecule has 0 heterocycles. The molecule has 0 unspecified atom stereocenters. The first-order chi connectivity index (χ1) is 13.0. The lowest BCUT2D eigenvalue weighted by Crippen LogP contribution is -2.38. The number of carbonyl (C=O) groups excluding carboxylic acids is 1. The summed E-state index contributed by atoms with van der Waals surface area (Å²) in [6, 6.07) is 19.9. The zero-order valence-electron chi connectivity index (χ0n) is 16.0. The third kappa shape index (κ3) is 5.23. The minimum Gasteiger partial charge on any atom is -0.492 e. The first-order valence-corrected chi connectivity index (χ1v) is 9.15. The number of carbonyl (C=O) groups is 1. The maximum atomic E-state index is 12.2. The molecule has 0 saturated carbocycles. The fourth-order valence-corrected chi connectivity index (χ4v) is 3.00. The van der Waals surface area contributed by atoms with E-state index >= 15 is 0 Å². The number of ether oxygens (including phenoxy) is 2. The average molecular weight is 363 g/mol. The van der Waals surface area contributed by atoms with E-state index in [2.05, 4.69) is 11.4 Å². The van der Waals surface area contributed by atoms with Gasteiger partial charge in [-0.25, -0.2) is 0 Å². The summed E-state index contributed by atoms with van der Waals surface area (Å²) < 4.78 is 11.5. The zero-order valence-corrected chi connectivity index (χ0v) is 16.0. The number of rotatable bonds is 7. The van der Waals surface area contributed by atoms with Crippen molar-refractivity contribution in [2.75, 3.05) is 13.2 Å². The fraction of sp³-hybridized carbons (Fsp3) is 0.261. The van der Waals surface area contributed by atoms with Crippen LogP contribution in [-0.4, -0.2) is 25.2 Å². The van der Waals surface area contributed by atoms with E-state index in [4.69, 9.17) is 9.47 Å². The van der Waals surface area contributed by atoms with Gasteiger partial charge in [-0.05, 0) is 66.9 Å². The van der Waals surface area contributed by atoms with Crippen molar-refractivity contribution in [1.82, 2.24) is 5.32 Å². The molecule has 0 aliphatic rings. The summed E-state index contributed by atoms with van der Waals surface area (Å²) >= 11 is 0. The molecule has 3 aromatic carbocycles. The summed E-state index contributed by atoms with van der Waals surface area (Å²) in [6.45, 7) is 6.66. The summed E-state index contributed by atoms with van der Waals surface area (Å²) in [5.41, 5.74) is 2.32. The van der Waals surface area contributed by atoms with Crippen molar-refractivity contribution in [1.29, 1.82) is 0 Å². The van der Waals surface area contributed by atoms with Gasteiger partial charge in [0.05, 0.1) is 6.54 Å². The van der Waals surface area contributed by atoms with Gasteiger partial charge in [-0.2, -0.15) is 0 Å². The van der Waals surface area contributed by atoms with Gasteiger partial charge in [-0.15, -0.1) is 0 Å². The molecule has 3 aromatic rings. The quantitative estimate of drug-likeness (QED) is 0.632. The second-order valence-corrected chi connectivity index (χ2v) is 6.73. The fourth-order valence-electron chi connectivity index (χ4n) is 3.00. The minimum atomic E-state index is -0.577. The normalized spacial score (nSPS) is 11.8. The summed E-state index contributed by atoms with van der Waals surface area (Å²) in [5.74, 6) is 1.34. The lowest BCUT2D eigenvalue weighted by atomic mass is 10.1. The van der Waals surface area contributed by atoms with E-state index in [-0.39, 0.29) is 5.91 Å². The molecule has 4 heteroatoms. The van der Waals surface area contributed by atoms with E-state index < -0.39 is 6.10 Å². The van der Waals surface area contributed by atoms with Crippen LogP contribution in [0.5, 0.6) is 11.5 Å². The summed E-state index contributed by atoms with van der Waals surface area (Å²) in [7, 11) is 0. The van der Waals surface area contributed by atoms with Gasteiger partial charge in [0.1, 0.15) is 18.1 Å². The molecule has 0 aliphatic heterocycles. The standard InChI is InChI=1S/C23H25NO3/c1-16-12-17(2)14-22(13-16)26-11-10-24-23(25)18(3)27-21-9-8-19-6-4-5-7-20(19)15-21/h4-9,12-15,18H,10-11H2,1-3H3,(H,24,25)/t18-/m1/s1. The highest BCUT2D eigenvalue weighted by atomic mass is 16.5. The Morgan fingerprint density at radius 3 is 2.37 bits per heavy atom. The molecule has 3 rings (SSSR count). The second kappa shape index (κ2) is 8.58. The Labute approximate surface area is 160 Å². The molecule has 4 nitrogen and oxygen atoms in total. The van der Waals surface area contributed by atoms with Gasteiger partial charge in [0.15, 0.2) is 6.10 Å². The SMILES string of the molecule is Cc1cc(C)cc(OCCNC(=O)[C@@H](C)Oc2ccc3ccccc3c2)c1. The van der Waals surface area contributed by atoms with E-state index in [1.165, 1.54) is 0 Å². The molecule has 1 amide bonds. The third-order valence-corrected chi connectivity index (χ3v) is 4.27. The molecule has 1 atom stereocenters. The van der Waals surface area contributed by atoms with E-state index in [9.17, 15) is 4.79 Å². The van der Waals surface area contributed by atoms with Crippen LogP contribution in [0.4, 0.5) is 0 Å². The molecule has 0 aromatic heterocycles. The molecule has 0 aliphatic carbocycles. The monoisotopic (exact) mass is 363 g/mol. The number of benzene rings is 3. The van der Waals surface area contributed by atoms with E-state index in [0.717, 1.165) is 27.6 Å². The average Bonchev–Trinajstić information content (AvgIpc) is 2.64. The molecule has 1 N–H and O–H groups in total. The van der Waals surface area contributed by atoms with E-state index in [1.54, 1.807) is 6.92 Å². The first-order valence-electron chi connectivity index (χ1n) is 9.15. The van der Waals surface area contributed by atoms with Crippen molar-refractivity contribution in [2.24, 2.45) is 0 Å². The first kappa shape index (κ1) is 18.8. The topological polar surface area (TPSA) is 47.6 Å². The Balaban J connectivity index is 1.47. The summed E-state index contributed by atoms with van der Waals surface area (Å²) in [4.78, 5) is 12.2. The van der Waals surface area contributed by atoms with Crippen LogP contribution in [0.15, 0.2) is 60.7 Å². The van der Waals surface area contributed by atoms with Crippen LogP contribution in [0.3, 0.4) is 0 Å². The highest BCUT2D eigenvalue weighted by molar-refractivity contribution is 5.84. The Bertz CT molecular complexity index is 916. The van der Waals surface area contributed by atoms with Crippen LogP contribution in [0.25, 0.3) is 10.8 Å². The van der Waals surface area contributed by atoms with E-state index in [1.807, 2.05) is 68.4 Å². The van der Waals surface area contributed by atoms with Crippen molar-refractivity contribution in [3.05, 3.63) is 71.8 Å². The van der Waals surface area contributed by atoms with Gasteiger partial charge in [-0.3, -0.25) is 4.79 Å². The maximum absolute atomic E-state index is 12.2. The summed E-state index contributed by atoms with van der Waals surface area (Å²) in [5, 5.41) is 5.08. The smallest absolute Gasteiger partial charge is 0.260 e. The van der Waals surface area contributed by atoms with E-state index in [0.29, 0.717) is 18.9 Å². The molecule has 140 valence electrons. The van der Waals surface area contributed by atoms with Crippen LogP contribution in [-0.2, 0) is 4.79 Å². The number of aryl methyl sites for hydroxylation is 2. The van der Waals surface area contributed by atoms with Crippen molar-refractivity contribution >= 4 is 16.7 Å². The van der Waals surface area contributed by atoms with Crippen molar-refractivity contribution < 1.29 is 14.3 Å². The van der Waals surface area contributed by atoms with Crippen molar-refractivity contribution in [3.8, 4) is 11.5 Å². The lowest BCUT2D eigenvalue weighted by Gasteiger charge is -2.15. The summed E-state index contributed by atoms with van der Waals surface area (Å²) in [6.07, 6.45) is -0.577. The van der Waals surface area contributed by atoms with Crippen molar-refractivity contribution in [2.45, 2.75) is 26.9 Å². The molecule has 0 spiro atoms. The van der Waals surface area contributed by atoms with Gasteiger partial charge in [0.25, 0.3) is 5.91 Å². The largest absolute Gasteiger partial charge is 0.492 e. The highest BCUT2D eigenvalue weighted by Crippen LogP contribution is 2.21. The predicted octanol–water partition coefficient (Wildman–Crippen LogP) is 4.42. The molecule has 27 heavy (non-hydrogen) atoms. The highest BCUT2D eigenvalue weighted by Gasteiger charge is 2.14. The van der Waals surface area contributed by atoms with Gasteiger partial charge >= 0.3 is 0 Å². The Kier molecular flexibility index (Phi) is 5.97. The third-order valence-electron chi connectivity index (χ3n) is 4.27. The van der Waals surface area contributed by atoms with Crippen LogP contribution < -0.4 is 14.8 Å². The predicted molar refractivity (Wildman–Crippen MR) is 108 cm³/mol. The number of nitrogens with one attached hydrogen (secondary N) is 1. The van der Waals surface area contributed by atoms with Gasteiger partial charge in [-0.1, -0.05) is 36.4 Å². The van der Waals surface area contributed by atoms with Crippen LogP contribution >= 0.6 is 0 Å². The molecular formula is C23H25NO3. The number of fused-ring (bicyclic) bond motifs is 1. The molecular weight excluding hydrogens is 338 g/mol. The van der Waals surface area contributed by atoms with Crippen LogP contribution in [0.1, 0.15) is 18.1 Å². The number of hydrogen-bond donors (Lipinski definition) is 1. The lowest BCUT2D eigenvalue weighted by molar-refractivity contribution is -0.127. The van der Waals surface area contributed by atoms with Gasteiger partial charge in [0.2, 0.25) is 0 Å². The molecule has 0 bridgehead atoms. The Morgan fingerprint density at radius 2 is 1.63 bits per heavy atom. The molecule has 0 saturated heterocycles. The second-order valence-electron chi connectivity index (χ2n) is 6.73.